The minimum absolute atomic E-state index is 0. The SMILES string of the molecule is CCNC(=NCC(=O)N1CCCCC1)NCCc1ncc(C)s1.I. The highest BCUT2D eigenvalue weighted by molar-refractivity contribution is 14.0. The lowest BCUT2D eigenvalue weighted by Crippen LogP contribution is -2.41. The molecule has 1 fully saturated rings. The van der Waals surface area contributed by atoms with Crippen molar-refractivity contribution < 1.29 is 4.79 Å². The molecule has 2 N–H and O–H groups in total. The molecule has 0 unspecified atom stereocenters. The van der Waals surface area contributed by atoms with E-state index in [0.29, 0.717) is 5.96 Å². The first-order valence-electron chi connectivity index (χ1n) is 8.40. The predicted molar refractivity (Wildman–Crippen MR) is 110 cm³/mol. The van der Waals surface area contributed by atoms with Crippen LogP contribution in [0.25, 0.3) is 0 Å². The van der Waals surface area contributed by atoms with Gasteiger partial charge in [0.05, 0.1) is 5.01 Å². The summed E-state index contributed by atoms with van der Waals surface area (Å²) in [6.07, 6.45) is 6.22. The third-order valence-electron chi connectivity index (χ3n) is 3.73. The Morgan fingerprint density at radius 1 is 1.33 bits per heavy atom. The van der Waals surface area contributed by atoms with E-state index in [-0.39, 0.29) is 36.4 Å². The number of aliphatic imine (C=N–C) groups is 1. The first-order valence-corrected chi connectivity index (χ1v) is 9.22. The number of aromatic nitrogens is 1. The van der Waals surface area contributed by atoms with Crippen LogP contribution in [0.5, 0.6) is 0 Å². The highest BCUT2D eigenvalue weighted by Crippen LogP contribution is 2.11. The van der Waals surface area contributed by atoms with Gasteiger partial charge in [0.25, 0.3) is 0 Å². The molecule has 1 aliphatic heterocycles. The first kappa shape index (κ1) is 21.1. The van der Waals surface area contributed by atoms with Gasteiger partial charge in [-0.25, -0.2) is 9.98 Å². The predicted octanol–water partition coefficient (Wildman–Crippen LogP) is 2.18. The third-order valence-corrected chi connectivity index (χ3v) is 4.70. The maximum atomic E-state index is 12.2. The Morgan fingerprint density at radius 2 is 2.08 bits per heavy atom. The van der Waals surface area contributed by atoms with Gasteiger partial charge < -0.3 is 15.5 Å². The zero-order valence-corrected chi connectivity index (χ0v) is 17.7. The lowest BCUT2D eigenvalue weighted by molar-refractivity contribution is -0.130. The second-order valence-corrected chi connectivity index (χ2v) is 7.00. The number of likely N-dealkylation sites (tertiary alicyclic amines) is 1. The van der Waals surface area contributed by atoms with Crippen molar-refractivity contribution in [3.05, 3.63) is 16.1 Å². The largest absolute Gasteiger partial charge is 0.357 e. The van der Waals surface area contributed by atoms with Gasteiger partial charge in [0, 0.05) is 43.7 Å². The van der Waals surface area contributed by atoms with Crippen LogP contribution in [0.1, 0.15) is 36.1 Å². The quantitative estimate of drug-likeness (QED) is 0.384. The van der Waals surface area contributed by atoms with E-state index in [9.17, 15) is 4.79 Å². The molecule has 0 radical (unpaired) electrons. The average Bonchev–Trinajstić information content (AvgIpc) is 2.98. The molecular formula is C16H28IN5OS. The summed E-state index contributed by atoms with van der Waals surface area (Å²) in [5.41, 5.74) is 0. The van der Waals surface area contributed by atoms with Crippen molar-refractivity contribution in [3.8, 4) is 0 Å². The fraction of sp³-hybridized carbons (Fsp3) is 0.688. The molecule has 0 atom stereocenters. The minimum atomic E-state index is 0. The zero-order chi connectivity index (χ0) is 16.5. The summed E-state index contributed by atoms with van der Waals surface area (Å²) in [4.78, 5) is 24.1. The Labute approximate surface area is 165 Å². The molecular weight excluding hydrogens is 437 g/mol. The van der Waals surface area contributed by atoms with Gasteiger partial charge in [-0.05, 0) is 33.1 Å². The summed E-state index contributed by atoms with van der Waals surface area (Å²) in [6.45, 7) is 7.59. The van der Waals surface area contributed by atoms with Crippen LogP contribution in [-0.4, -0.2) is 54.5 Å². The maximum absolute atomic E-state index is 12.2. The number of carbonyl (C=O) groups is 1. The molecule has 0 saturated carbocycles. The van der Waals surface area contributed by atoms with Crippen LogP contribution >= 0.6 is 35.3 Å². The van der Waals surface area contributed by atoms with Crippen molar-refractivity contribution >= 4 is 47.2 Å². The molecule has 24 heavy (non-hydrogen) atoms. The number of hydrogen-bond donors (Lipinski definition) is 2. The van der Waals surface area contributed by atoms with E-state index < -0.39 is 0 Å². The van der Waals surface area contributed by atoms with Crippen molar-refractivity contribution in [3.63, 3.8) is 0 Å². The molecule has 0 bridgehead atoms. The van der Waals surface area contributed by atoms with Crippen LogP contribution in [0.2, 0.25) is 0 Å². The summed E-state index contributed by atoms with van der Waals surface area (Å²) in [5, 5.41) is 7.58. The van der Waals surface area contributed by atoms with Gasteiger partial charge in [0.15, 0.2) is 5.96 Å². The van der Waals surface area contributed by atoms with Gasteiger partial charge in [-0.1, -0.05) is 0 Å². The number of nitrogens with zero attached hydrogens (tertiary/aromatic N) is 3. The van der Waals surface area contributed by atoms with Crippen molar-refractivity contribution in [1.82, 2.24) is 20.5 Å². The van der Waals surface area contributed by atoms with Crippen LogP contribution in [-0.2, 0) is 11.2 Å². The summed E-state index contributed by atoms with van der Waals surface area (Å²) < 4.78 is 0. The van der Waals surface area contributed by atoms with Gasteiger partial charge in [0.2, 0.25) is 5.91 Å². The number of aryl methyl sites for hydroxylation is 1. The number of halogens is 1. The highest BCUT2D eigenvalue weighted by atomic mass is 127. The fourth-order valence-electron chi connectivity index (χ4n) is 2.54. The van der Waals surface area contributed by atoms with E-state index >= 15 is 0 Å². The Bertz CT molecular complexity index is 528. The molecule has 0 aromatic carbocycles. The third kappa shape index (κ3) is 7.33. The number of guanidine groups is 1. The number of rotatable bonds is 6. The molecule has 1 amide bonds. The fourth-order valence-corrected chi connectivity index (χ4v) is 3.32. The van der Waals surface area contributed by atoms with Gasteiger partial charge in [-0.2, -0.15) is 0 Å². The Morgan fingerprint density at radius 3 is 2.71 bits per heavy atom. The van der Waals surface area contributed by atoms with E-state index in [1.165, 1.54) is 11.3 Å². The number of thiazole rings is 1. The normalized spacial score (nSPS) is 14.9. The first-order chi connectivity index (χ1) is 11.2. The van der Waals surface area contributed by atoms with E-state index in [4.69, 9.17) is 0 Å². The monoisotopic (exact) mass is 465 g/mol. The molecule has 2 heterocycles. The average molecular weight is 465 g/mol. The van der Waals surface area contributed by atoms with Gasteiger partial charge >= 0.3 is 0 Å². The summed E-state index contributed by atoms with van der Waals surface area (Å²) in [5.74, 6) is 0.823. The number of hydrogen-bond acceptors (Lipinski definition) is 4. The van der Waals surface area contributed by atoms with Crippen LogP contribution < -0.4 is 10.6 Å². The molecule has 1 aromatic rings. The maximum Gasteiger partial charge on any atom is 0.244 e. The molecule has 8 heteroatoms. The smallest absolute Gasteiger partial charge is 0.244 e. The molecule has 1 saturated heterocycles. The van der Waals surface area contributed by atoms with E-state index in [0.717, 1.165) is 50.4 Å². The Hall–Kier alpha value is -0.900. The van der Waals surface area contributed by atoms with Gasteiger partial charge in [0.1, 0.15) is 6.54 Å². The molecule has 6 nitrogen and oxygen atoms in total. The van der Waals surface area contributed by atoms with Crippen LogP contribution in [0.3, 0.4) is 0 Å². The van der Waals surface area contributed by atoms with Crippen molar-refractivity contribution in [2.45, 2.75) is 39.5 Å². The van der Waals surface area contributed by atoms with Gasteiger partial charge in [-0.15, -0.1) is 35.3 Å². The second-order valence-electron chi connectivity index (χ2n) is 5.68. The van der Waals surface area contributed by atoms with Crippen molar-refractivity contribution in [2.24, 2.45) is 4.99 Å². The Kier molecular flexibility index (Phi) is 10.2. The topological polar surface area (TPSA) is 69.6 Å². The summed E-state index contributed by atoms with van der Waals surface area (Å²) in [7, 11) is 0. The molecule has 136 valence electrons. The molecule has 1 aliphatic rings. The summed E-state index contributed by atoms with van der Waals surface area (Å²) in [6, 6.07) is 0. The van der Waals surface area contributed by atoms with Crippen LogP contribution in [0.15, 0.2) is 11.2 Å². The number of carbonyl (C=O) groups excluding carboxylic acids is 1. The van der Waals surface area contributed by atoms with Crippen LogP contribution in [0.4, 0.5) is 0 Å². The summed E-state index contributed by atoms with van der Waals surface area (Å²) >= 11 is 1.72. The number of amides is 1. The lowest BCUT2D eigenvalue weighted by Gasteiger charge is -2.26. The van der Waals surface area contributed by atoms with Crippen LogP contribution in [0, 0.1) is 6.92 Å². The second kappa shape index (κ2) is 11.6. The molecule has 0 spiro atoms. The van der Waals surface area contributed by atoms with E-state index in [2.05, 4.69) is 27.5 Å². The number of nitrogens with one attached hydrogen (secondary N) is 2. The van der Waals surface area contributed by atoms with E-state index in [1.54, 1.807) is 11.3 Å². The molecule has 0 aliphatic carbocycles. The van der Waals surface area contributed by atoms with Crippen molar-refractivity contribution in [1.29, 1.82) is 0 Å². The van der Waals surface area contributed by atoms with Crippen molar-refractivity contribution in [2.75, 3.05) is 32.7 Å². The minimum Gasteiger partial charge on any atom is -0.357 e. The molecule has 1 aromatic heterocycles. The highest BCUT2D eigenvalue weighted by Gasteiger charge is 2.15. The van der Waals surface area contributed by atoms with Gasteiger partial charge in [-0.3, -0.25) is 4.79 Å². The van der Waals surface area contributed by atoms with E-state index in [1.807, 2.05) is 18.0 Å². The Balaban J connectivity index is 0.00000288. The number of piperidine rings is 1. The zero-order valence-electron chi connectivity index (χ0n) is 14.5. The molecule has 2 rings (SSSR count). The lowest BCUT2D eigenvalue weighted by atomic mass is 10.1. The standard InChI is InChI=1S/C16H27N5OS.HI/c1-3-17-16(18-8-7-14-19-11-13(2)23-14)20-12-15(22)21-9-5-4-6-10-21;/h11H,3-10,12H2,1-2H3,(H2,17,18,20);1H.